The third-order valence-electron chi connectivity index (χ3n) is 13.6. The molecule has 8 rings (SSSR count). The van der Waals surface area contributed by atoms with E-state index in [1.54, 1.807) is 30.3 Å². The lowest BCUT2D eigenvalue weighted by molar-refractivity contribution is -0.150. The van der Waals surface area contributed by atoms with Gasteiger partial charge < -0.3 is 46.9 Å². The van der Waals surface area contributed by atoms with Crippen LogP contribution in [0.3, 0.4) is 0 Å². The molecule has 2 aliphatic heterocycles. The summed E-state index contributed by atoms with van der Waals surface area (Å²) in [6.07, 6.45) is 8.15. The molecule has 6 unspecified atom stereocenters. The summed E-state index contributed by atoms with van der Waals surface area (Å²) >= 11 is 0. The maximum absolute atomic E-state index is 13.7. The zero-order chi connectivity index (χ0) is 49.4. The first-order valence-corrected chi connectivity index (χ1v) is 24.7. The van der Waals surface area contributed by atoms with Crippen LogP contribution in [0.15, 0.2) is 66.7 Å². The summed E-state index contributed by atoms with van der Waals surface area (Å²) in [5.74, 6) is -2.34. The molecule has 3 saturated carbocycles. The molecular weight excluding hydrogens is 861 g/mol. The summed E-state index contributed by atoms with van der Waals surface area (Å²) in [5.41, 5.74) is 11.1. The Morgan fingerprint density at radius 3 is 2.18 bits per heavy atom. The van der Waals surface area contributed by atoms with E-state index in [9.17, 15) is 28.8 Å². The molecule has 0 radical (unpaired) electrons. The van der Waals surface area contributed by atoms with Crippen LogP contribution >= 0.6 is 0 Å². The van der Waals surface area contributed by atoms with Crippen LogP contribution in [-0.2, 0) is 46.1 Å². The molecule has 16 heteroatoms. The molecule has 3 aromatic rings. The van der Waals surface area contributed by atoms with Crippen molar-refractivity contribution in [3.63, 3.8) is 0 Å². The highest BCUT2D eigenvalue weighted by atomic mass is 16.7. The molecule has 2 heterocycles. The minimum atomic E-state index is -1.24. The van der Waals surface area contributed by atoms with Crippen molar-refractivity contribution in [2.24, 2.45) is 23.0 Å². The molecule has 4 bridgehead atoms. The first-order valence-electron chi connectivity index (χ1n) is 24.7. The number of hydrogen-bond acceptors (Lipinski definition) is 9. The van der Waals surface area contributed by atoms with E-state index in [4.69, 9.17) is 15.0 Å². The fraction of sp³-hybridized carbons (Fsp3) is 0.538. The number of carbonyl (C=O) groups is 6. The summed E-state index contributed by atoms with van der Waals surface area (Å²) in [6.45, 7) is 14.4. The molecule has 3 aliphatic carbocycles. The van der Waals surface area contributed by atoms with Crippen molar-refractivity contribution < 1.29 is 38.1 Å². The maximum atomic E-state index is 13.7. The largest absolute Gasteiger partial charge is 0.478 e. The number of fused-ring (bicyclic) bond motifs is 2. The number of nitrogens with two attached hydrogens (primary N) is 1. The summed E-state index contributed by atoms with van der Waals surface area (Å²) in [7, 11) is -0.630. The molecule has 0 spiro atoms. The predicted octanol–water partition coefficient (Wildman–Crippen LogP) is 5.02. The first kappa shape index (κ1) is 53.4. The average Bonchev–Trinajstić information content (AvgIpc) is 3.78. The van der Waals surface area contributed by atoms with Gasteiger partial charge in [-0.25, -0.2) is 0 Å². The molecule has 5 aliphatic rings. The second-order valence-electron chi connectivity index (χ2n) is 18.6. The fourth-order valence-electron chi connectivity index (χ4n) is 9.26. The van der Waals surface area contributed by atoms with Crippen LogP contribution in [0.2, 0.25) is 0 Å². The maximum Gasteiger partial charge on any atom is 0.478 e. The van der Waals surface area contributed by atoms with E-state index < -0.39 is 61.8 Å². The second kappa shape index (κ2) is 25.7. The van der Waals surface area contributed by atoms with Crippen LogP contribution in [0.4, 0.5) is 0 Å². The van der Waals surface area contributed by atoms with E-state index in [0.717, 1.165) is 60.9 Å². The summed E-state index contributed by atoms with van der Waals surface area (Å²) in [5, 5.41) is 16.1. The highest BCUT2D eigenvalue weighted by Crippen LogP contribution is 2.61. The van der Waals surface area contributed by atoms with Crippen molar-refractivity contribution in [2.45, 2.75) is 131 Å². The van der Waals surface area contributed by atoms with Gasteiger partial charge in [0.15, 0.2) is 0 Å². The lowest BCUT2D eigenvalue weighted by Gasteiger charge is -2.60. The van der Waals surface area contributed by atoms with Gasteiger partial charge in [0.05, 0.1) is 31.7 Å². The molecular formula is C52H74BN7O8. The predicted molar refractivity (Wildman–Crippen MR) is 265 cm³/mol. The van der Waals surface area contributed by atoms with Crippen molar-refractivity contribution in [2.75, 3.05) is 32.6 Å². The van der Waals surface area contributed by atoms with Crippen molar-refractivity contribution in [1.29, 1.82) is 0 Å². The van der Waals surface area contributed by atoms with Crippen molar-refractivity contribution in [1.82, 2.24) is 31.9 Å². The molecule has 6 amide bonds. The molecule has 3 aromatic carbocycles. The fourth-order valence-corrected chi connectivity index (χ4v) is 9.26. The SMILES string of the molecule is CC.CCCCN.CCCCc1ccc(-c2ccc(C(=O)NCC(=O)NC3C(=O)NCC(=O)NC(C(=O)NCB4OC5CC6CC(C5O4)C6(C)C)CNC(=O)CCc4cc3ccc4C)cc2)cc1. The smallest absolute Gasteiger partial charge is 0.405 e. The molecule has 68 heavy (non-hydrogen) atoms. The minimum Gasteiger partial charge on any atom is -0.405 e. The summed E-state index contributed by atoms with van der Waals surface area (Å²) in [6, 6.07) is 18.3. The lowest BCUT2D eigenvalue weighted by Crippen LogP contribution is -2.59. The number of nitrogens with one attached hydrogen (secondary N) is 6. The summed E-state index contributed by atoms with van der Waals surface area (Å²) in [4.78, 5) is 79.8. The third kappa shape index (κ3) is 14.2. The Hall–Kier alpha value is -5.58. The Morgan fingerprint density at radius 2 is 1.53 bits per heavy atom. The van der Waals surface area contributed by atoms with Crippen molar-refractivity contribution >= 4 is 42.6 Å². The van der Waals surface area contributed by atoms with Gasteiger partial charge in [-0.15, -0.1) is 0 Å². The van der Waals surface area contributed by atoms with E-state index in [-0.39, 0.29) is 42.9 Å². The Kier molecular flexibility index (Phi) is 20.2. The van der Waals surface area contributed by atoms with Gasteiger partial charge in [0.1, 0.15) is 12.1 Å². The molecule has 6 atom stereocenters. The summed E-state index contributed by atoms with van der Waals surface area (Å²) < 4.78 is 12.4. The van der Waals surface area contributed by atoms with Crippen molar-refractivity contribution in [3.05, 3.63) is 94.5 Å². The zero-order valence-corrected chi connectivity index (χ0v) is 41.1. The molecule has 0 aromatic heterocycles. The van der Waals surface area contributed by atoms with Gasteiger partial charge in [-0.3, -0.25) is 28.8 Å². The lowest BCUT2D eigenvalue weighted by atomic mass is 9.47. The van der Waals surface area contributed by atoms with E-state index >= 15 is 0 Å². The molecule has 8 N–H and O–H groups in total. The monoisotopic (exact) mass is 936 g/mol. The van der Waals surface area contributed by atoms with Crippen molar-refractivity contribution in [3.8, 4) is 11.1 Å². The number of hydrogen-bond donors (Lipinski definition) is 7. The first-order chi connectivity index (χ1) is 32.7. The molecule has 1 saturated heterocycles. The minimum absolute atomic E-state index is 0.0107. The van der Waals surface area contributed by atoms with Gasteiger partial charge in [0.25, 0.3) is 5.91 Å². The number of unbranched alkanes of at least 4 members (excludes halogenated alkanes) is 2. The Bertz CT molecular complexity index is 2180. The van der Waals surface area contributed by atoms with Gasteiger partial charge in [-0.1, -0.05) is 109 Å². The van der Waals surface area contributed by atoms with Gasteiger partial charge in [0, 0.05) is 18.5 Å². The van der Waals surface area contributed by atoms with Gasteiger partial charge >= 0.3 is 7.12 Å². The number of aryl methyl sites for hydroxylation is 3. The normalized spacial score (nSPS) is 22.8. The van der Waals surface area contributed by atoms with Crippen LogP contribution in [0.1, 0.15) is 125 Å². The van der Waals surface area contributed by atoms with E-state index in [0.29, 0.717) is 29.4 Å². The number of rotatable bonds is 13. The van der Waals surface area contributed by atoms with E-state index in [1.807, 2.05) is 32.9 Å². The van der Waals surface area contributed by atoms with E-state index in [2.05, 4.69) is 83.9 Å². The van der Waals surface area contributed by atoms with Gasteiger partial charge in [-0.2, -0.15) is 0 Å². The van der Waals surface area contributed by atoms with Gasteiger partial charge in [-0.05, 0) is 115 Å². The molecule has 368 valence electrons. The number of carbonyl (C=O) groups excluding carboxylic acids is 6. The number of amides is 6. The standard InChI is InChI=1S/C46H57BN6O8.C4H11N.C2H6/c1-5-6-7-28-9-12-29(13-10-28)30-14-16-31(17-15-30)43(57)49-25-40(56)53-41-33-11-8-27(2)32(20-33)18-19-38(54)48-23-36(52-39(55)24-50-45(41)59)44(58)51-26-47-60-37-22-34-21-35(42(37)61-47)46(34,3)4;1-2-3-4-5;1-2/h8-17,20,34-37,41-42H,5-7,18-19,21-26H2,1-4H3,(H,48,54)(H,49,57)(H,50,59)(H,51,58)(H,52,55)(H,53,56);2-5H2,1H3;1-2H3. The quantitative estimate of drug-likeness (QED) is 0.114. The third-order valence-corrected chi connectivity index (χ3v) is 13.6. The number of benzene rings is 3. The zero-order valence-electron chi connectivity index (χ0n) is 41.1. The topological polar surface area (TPSA) is 219 Å². The van der Waals surface area contributed by atoms with E-state index in [1.165, 1.54) is 18.4 Å². The average molecular weight is 936 g/mol. The van der Waals surface area contributed by atoms with Crippen LogP contribution in [0.25, 0.3) is 11.1 Å². The Labute approximate surface area is 403 Å². The highest BCUT2D eigenvalue weighted by molar-refractivity contribution is 6.45. The molecule has 15 nitrogen and oxygen atoms in total. The Morgan fingerprint density at radius 1 is 0.838 bits per heavy atom. The van der Waals surface area contributed by atoms with Crippen LogP contribution < -0.4 is 37.6 Å². The van der Waals surface area contributed by atoms with Gasteiger partial charge in [0.2, 0.25) is 29.5 Å². The van der Waals surface area contributed by atoms with Crippen LogP contribution in [0, 0.1) is 24.2 Å². The highest BCUT2D eigenvalue weighted by Gasteiger charge is 2.61. The van der Waals surface area contributed by atoms with Crippen LogP contribution in [0.5, 0.6) is 0 Å². The molecule has 4 fully saturated rings. The van der Waals surface area contributed by atoms with Crippen LogP contribution in [-0.4, -0.2) is 93.4 Å². The Balaban J connectivity index is 0.00000116. The second-order valence-corrected chi connectivity index (χ2v) is 18.6.